The van der Waals surface area contributed by atoms with Crippen molar-refractivity contribution in [3.05, 3.63) is 11.9 Å². The Hall–Kier alpha value is -1.47. The molecule has 0 atom stereocenters. The normalized spacial score (nSPS) is 23.4. The molecule has 3 rings (SSSR count). The van der Waals surface area contributed by atoms with Crippen LogP contribution in [0.25, 0.3) is 0 Å². The van der Waals surface area contributed by atoms with Crippen LogP contribution in [0.5, 0.6) is 0 Å². The maximum absolute atomic E-state index is 12.0. The van der Waals surface area contributed by atoms with Gasteiger partial charge in [0, 0.05) is 32.4 Å². The molecule has 1 aromatic heterocycles. The molecule has 0 saturated carbocycles. The summed E-state index contributed by atoms with van der Waals surface area (Å²) in [6.45, 7) is 12.9. The molecule has 2 aliphatic heterocycles. The van der Waals surface area contributed by atoms with Gasteiger partial charge in [-0.05, 0) is 52.2 Å². The highest BCUT2D eigenvalue weighted by atomic mass is 16.2. The Labute approximate surface area is 144 Å². The zero-order chi connectivity index (χ0) is 17.2. The molecule has 0 radical (unpaired) electrons. The van der Waals surface area contributed by atoms with Crippen LogP contribution in [0.3, 0.4) is 0 Å². The third-order valence-corrected chi connectivity index (χ3v) is 5.55. The highest BCUT2D eigenvalue weighted by molar-refractivity contribution is 5.86. The zero-order valence-electron chi connectivity index (χ0n) is 15.2. The van der Waals surface area contributed by atoms with Gasteiger partial charge in [0.25, 0.3) is 0 Å². The molecule has 0 unspecified atom stereocenters. The summed E-state index contributed by atoms with van der Waals surface area (Å²) >= 11 is 0. The molecule has 134 valence electrons. The molecule has 0 aromatic carbocycles. The number of hydrogen-bond donors (Lipinski definition) is 1. The molecule has 2 saturated heterocycles. The summed E-state index contributed by atoms with van der Waals surface area (Å²) in [5.74, 6) is 0.781. The molecule has 1 aromatic rings. The van der Waals surface area contributed by atoms with Crippen LogP contribution in [-0.4, -0.2) is 69.0 Å². The Bertz CT molecular complexity index is 561. The van der Waals surface area contributed by atoms with Gasteiger partial charge in [0.1, 0.15) is 0 Å². The predicted molar refractivity (Wildman–Crippen MR) is 92.4 cm³/mol. The molecule has 3 heterocycles. The monoisotopic (exact) mass is 334 g/mol. The number of nitrogens with one attached hydrogen (secondary N) is 1. The quantitative estimate of drug-likeness (QED) is 0.859. The number of piperidine rings is 1. The first-order chi connectivity index (χ1) is 11.5. The Kier molecular flexibility index (Phi) is 5.20. The SMILES string of the molecule is CCN1CCC(Cn2cc(CN3CCNC(=O)C3(C)C)nn2)CC1. The number of hydrogen-bond acceptors (Lipinski definition) is 5. The minimum atomic E-state index is -0.491. The molecule has 1 N–H and O–H groups in total. The van der Waals surface area contributed by atoms with Crippen LogP contribution < -0.4 is 5.32 Å². The van der Waals surface area contributed by atoms with Crippen molar-refractivity contribution in [3.63, 3.8) is 0 Å². The van der Waals surface area contributed by atoms with Gasteiger partial charge in [-0.25, -0.2) is 0 Å². The molecule has 7 heteroatoms. The van der Waals surface area contributed by atoms with E-state index in [0.717, 1.165) is 25.3 Å². The number of nitrogens with zero attached hydrogens (tertiary/aromatic N) is 5. The van der Waals surface area contributed by atoms with Gasteiger partial charge < -0.3 is 10.2 Å². The second kappa shape index (κ2) is 7.19. The van der Waals surface area contributed by atoms with Crippen molar-refractivity contribution in [2.24, 2.45) is 5.92 Å². The summed E-state index contributed by atoms with van der Waals surface area (Å²) in [5.41, 5.74) is 0.457. The Morgan fingerprint density at radius 3 is 2.75 bits per heavy atom. The lowest BCUT2D eigenvalue weighted by Gasteiger charge is -2.40. The number of aromatic nitrogens is 3. The van der Waals surface area contributed by atoms with Gasteiger partial charge in [-0.1, -0.05) is 12.1 Å². The molecule has 24 heavy (non-hydrogen) atoms. The topological polar surface area (TPSA) is 66.3 Å². The van der Waals surface area contributed by atoms with Gasteiger partial charge in [0.2, 0.25) is 5.91 Å². The van der Waals surface area contributed by atoms with Crippen LogP contribution in [0.2, 0.25) is 0 Å². The second-order valence-corrected chi connectivity index (χ2v) is 7.55. The predicted octanol–water partition coefficient (Wildman–Crippen LogP) is 0.720. The van der Waals surface area contributed by atoms with E-state index in [1.807, 2.05) is 18.5 Å². The fourth-order valence-electron chi connectivity index (χ4n) is 3.67. The van der Waals surface area contributed by atoms with Crippen molar-refractivity contribution >= 4 is 5.91 Å². The summed E-state index contributed by atoms with van der Waals surface area (Å²) in [6, 6.07) is 0. The molecular weight excluding hydrogens is 304 g/mol. The maximum Gasteiger partial charge on any atom is 0.240 e. The molecule has 0 aliphatic carbocycles. The molecule has 1 amide bonds. The standard InChI is InChI=1S/C17H30N6O/c1-4-21-8-5-14(6-9-21)11-23-13-15(19-20-23)12-22-10-7-18-16(24)17(22,2)3/h13-14H,4-12H2,1-3H3,(H,18,24). The minimum Gasteiger partial charge on any atom is -0.353 e. The van der Waals surface area contributed by atoms with Crippen LogP contribution >= 0.6 is 0 Å². The van der Waals surface area contributed by atoms with Crippen molar-refractivity contribution in [3.8, 4) is 0 Å². The van der Waals surface area contributed by atoms with Crippen molar-refractivity contribution in [1.29, 1.82) is 0 Å². The van der Waals surface area contributed by atoms with E-state index in [9.17, 15) is 4.79 Å². The fraction of sp³-hybridized carbons (Fsp3) is 0.824. The smallest absolute Gasteiger partial charge is 0.240 e. The Balaban J connectivity index is 1.55. The number of likely N-dealkylation sites (tertiary alicyclic amines) is 1. The van der Waals surface area contributed by atoms with E-state index in [1.54, 1.807) is 0 Å². The van der Waals surface area contributed by atoms with Gasteiger partial charge in [-0.3, -0.25) is 14.4 Å². The largest absolute Gasteiger partial charge is 0.353 e. The summed E-state index contributed by atoms with van der Waals surface area (Å²) in [4.78, 5) is 16.7. The van der Waals surface area contributed by atoms with E-state index in [1.165, 1.54) is 25.9 Å². The average molecular weight is 334 g/mol. The van der Waals surface area contributed by atoms with E-state index in [-0.39, 0.29) is 5.91 Å². The highest BCUT2D eigenvalue weighted by Gasteiger charge is 2.37. The van der Waals surface area contributed by atoms with Crippen LogP contribution in [0.4, 0.5) is 0 Å². The lowest BCUT2D eigenvalue weighted by Crippen LogP contribution is -2.61. The molecule has 2 aliphatic rings. The van der Waals surface area contributed by atoms with Gasteiger partial charge in [-0.15, -0.1) is 5.10 Å². The first kappa shape index (κ1) is 17.4. The van der Waals surface area contributed by atoms with E-state index >= 15 is 0 Å². The van der Waals surface area contributed by atoms with Crippen LogP contribution in [0.15, 0.2) is 6.20 Å². The van der Waals surface area contributed by atoms with E-state index < -0.39 is 5.54 Å². The first-order valence-electron chi connectivity index (χ1n) is 9.13. The number of piperazine rings is 1. The number of carbonyl (C=O) groups is 1. The third kappa shape index (κ3) is 3.78. The van der Waals surface area contributed by atoms with Crippen molar-refractivity contribution in [1.82, 2.24) is 30.1 Å². The van der Waals surface area contributed by atoms with Crippen LogP contribution in [0, 0.1) is 5.92 Å². The van der Waals surface area contributed by atoms with E-state index in [2.05, 4.69) is 38.5 Å². The van der Waals surface area contributed by atoms with Gasteiger partial charge in [0.15, 0.2) is 0 Å². The number of rotatable bonds is 5. The molecule has 2 fully saturated rings. The Morgan fingerprint density at radius 1 is 1.29 bits per heavy atom. The van der Waals surface area contributed by atoms with Gasteiger partial charge in [-0.2, -0.15) is 0 Å². The lowest BCUT2D eigenvalue weighted by molar-refractivity contribution is -0.135. The average Bonchev–Trinajstić information content (AvgIpc) is 3.00. The van der Waals surface area contributed by atoms with Gasteiger partial charge >= 0.3 is 0 Å². The zero-order valence-corrected chi connectivity index (χ0v) is 15.2. The molecular formula is C17H30N6O. The number of carbonyl (C=O) groups excluding carboxylic acids is 1. The minimum absolute atomic E-state index is 0.0869. The third-order valence-electron chi connectivity index (χ3n) is 5.55. The lowest BCUT2D eigenvalue weighted by atomic mass is 9.97. The van der Waals surface area contributed by atoms with E-state index in [4.69, 9.17) is 0 Å². The fourth-order valence-corrected chi connectivity index (χ4v) is 3.67. The highest BCUT2D eigenvalue weighted by Crippen LogP contribution is 2.21. The van der Waals surface area contributed by atoms with E-state index in [0.29, 0.717) is 19.0 Å². The second-order valence-electron chi connectivity index (χ2n) is 7.55. The molecule has 0 spiro atoms. The molecule has 7 nitrogen and oxygen atoms in total. The van der Waals surface area contributed by atoms with Crippen molar-refractivity contribution < 1.29 is 4.79 Å². The van der Waals surface area contributed by atoms with Crippen molar-refractivity contribution in [2.45, 2.75) is 52.2 Å². The maximum atomic E-state index is 12.0. The van der Waals surface area contributed by atoms with Crippen LogP contribution in [-0.2, 0) is 17.9 Å². The Morgan fingerprint density at radius 2 is 2.04 bits per heavy atom. The van der Waals surface area contributed by atoms with Crippen LogP contribution in [0.1, 0.15) is 39.3 Å². The summed E-state index contributed by atoms with van der Waals surface area (Å²) < 4.78 is 1.98. The van der Waals surface area contributed by atoms with Crippen molar-refractivity contribution in [2.75, 3.05) is 32.7 Å². The first-order valence-corrected chi connectivity index (χ1v) is 9.13. The number of amides is 1. The summed E-state index contributed by atoms with van der Waals surface area (Å²) in [7, 11) is 0. The summed E-state index contributed by atoms with van der Waals surface area (Å²) in [5, 5.41) is 11.6. The summed E-state index contributed by atoms with van der Waals surface area (Å²) in [6.07, 6.45) is 4.53. The molecule has 0 bridgehead atoms. The van der Waals surface area contributed by atoms with Gasteiger partial charge in [0.05, 0.1) is 11.2 Å².